The predicted molar refractivity (Wildman–Crippen MR) is 105 cm³/mol. The highest BCUT2D eigenvalue weighted by molar-refractivity contribution is 6.35. The van der Waals surface area contributed by atoms with Crippen LogP contribution in [0.2, 0.25) is 10.0 Å². The Morgan fingerprint density at radius 1 is 1.15 bits per heavy atom. The summed E-state index contributed by atoms with van der Waals surface area (Å²) in [4.78, 5) is 27.4. The molecule has 1 aliphatic heterocycles. The van der Waals surface area contributed by atoms with Crippen molar-refractivity contribution in [3.63, 3.8) is 0 Å². The second kappa shape index (κ2) is 7.68. The van der Waals surface area contributed by atoms with Gasteiger partial charge in [-0.2, -0.15) is 0 Å². The van der Waals surface area contributed by atoms with E-state index in [1.807, 2.05) is 32.0 Å². The lowest BCUT2D eigenvalue weighted by atomic mass is 10.0. The molecule has 2 aromatic rings. The van der Waals surface area contributed by atoms with Gasteiger partial charge in [-0.15, -0.1) is 0 Å². The normalized spacial score (nSPS) is 14.5. The first-order valence-corrected chi connectivity index (χ1v) is 9.26. The molecule has 0 aromatic heterocycles. The summed E-state index contributed by atoms with van der Waals surface area (Å²) in [6, 6.07) is 11.8. The van der Waals surface area contributed by atoms with Crippen LogP contribution in [-0.4, -0.2) is 22.8 Å². The van der Waals surface area contributed by atoms with E-state index in [-0.39, 0.29) is 17.7 Å². The Morgan fingerprint density at radius 3 is 2.42 bits per heavy atom. The highest BCUT2D eigenvalue weighted by Gasteiger charge is 2.36. The first-order chi connectivity index (χ1) is 12.3. The van der Waals surface area contributed by atoms with Crippen molar-refractivity contribution in [2.24, 2.45) is 5.92 Å². The van der Waals surface area contributed by atoms with E-state index in [1.54, 1.807) is 29.2 Å². The van der Waals surface area contributed by atoms with E-state index >= 15 is 0 Å². The fraction of sp³-hybridized carbons (Fsp3) is 0.300. The van der Waals surface area contributed by atoms with Gasteiger partial charge in [-0.3, -0.25) is 9.59 Å². The van der Waals surface area contributed by atoms with Crippen molar-refractivity contribution < 1.29 is 9.59 Å². The summed E-state index contributed by atoms with van der Waals surface area (Å²) in [7, 11) is 0. The molecule has 1 N–H and O–H groups in total. The molecule has 4 nitrogen and oxygen atoms in total. The molecule has 1 aliphatic rings. The van der Waals surface area contributed by atoms with Gasteiger partial charge in [0.25, 0.3) is 5.91 Å². The highest BCUT2D eigenvalue weighted by Crippen LogP contribution is 2.28. The molecule has 6 heteroatoms. The van der Waals surface area contributed by atoms with Crippen molar-refractivity contribution in [3.8, 4) is 0 Å². The number of amides is 2. The zero-order valence-electron chi connectivity index (χ0n) is 14.6. The molecule has 1 atom stereocenters. The minimum atomic E-state index is -0.562. The van der Waals surface area contributed by atoms with Crippen molar-refractivity contribution in [1.82, 2.24) is 4.90 Å². The second-order valence-electron chi connectivity index (χ2n) is 6.88. The van der Waals surface area contributed by atoms with Gasteiger partial charge >= 0.3 is 0 Å². The number of halogens is 2. The molecule has 1 heterocycles. The fourth-order valence-electron chi connectivity index (χ4n) is 3.20. The van der Waals surface area contributed by atoms with E-state index < -0.39 is 6.04 Å². The Hall–Kier alpha value is -2.04. The van der Waals surface area contributed by atoms with E-state index in [4.69, 9.17) is 23.2 Å². The zero-order chi connectivity index (χ0) is 18.8. The van der Waals surface area contributed by atoms with Gasteiger partial charge in [-0.1, -0.05) is 55.2 Å². The van der Waals surface area contributed by atoms with Crippen molar-refractivity contribution in [2.45, 2.75) is 32.9 Å². The third-order valence-electron chi connectivity index (χ3n) is 4.35. The summed E-state index contributed by atoms with van der Waals surface area (Å²) in [6.45, 7) is 4.50. The molecule has 3 rings (SSSR count). The molecule has 0 unspecified atom stereocenters. The molecule has 0 saturated carbocycles. The van der Waals surface area contributed by atoms with Crippen molar-refractivity contribution in [2.75, 3.05) is 5.32 Å². The number of rotatable bonds is 5. The summed E-state index contributed by atoms with van der Waals surface area (Å²) < 4.78 is 0. The van der Waals surface area contributed by atoms with Crippen molar-refractivity contribution in [1.29, 1.82) is 0 Å². The molecule has 0 radical (unpaired) electrons. The lowest BCUT2D eigenvalue weighted by Crippen LogP contribution is -2.45. The van der Waals surface area contributed by atoms with Gasteiger partial charge in [-0.05, 0) is 42.2 Å². The summed E-state index contributed by atoms with van der Waals surface area (Å²) in [5, 5.41) is 3.74. The van der Waals surface area contributed by atoms with Gasteiger partial charge in [0.2, 0.25) is 5.91 Å². The topological polar surface area (TPSA) is 49.4 Å². The number of carbonyl (C=O) groups excluding carboxylic acids is 2. The molecular weight excluding hydrogens is 371 g/mol. The average molecular weight is 391 g/mol. The minimum absolute atomic E-state index is 0.106. The fourth-order valence-corrected chi connectivity index (χ4v) is 3.73. The lowest BCUT2D eigenvalue weighted by Gasteiger charge is -2.28. The quantitative estimate of drug-likeness (QED) is 0.780. The van der Waals surface area contributed by atoms with Crippen LogP contribution in [0.25, 0.3) is 0 Å². The van der Waals surface area contributed by atoms with Crippen LogP contribution in [0.15, 0.2) is 42.5 Å². The van der Waals surface area contributed by atoms with Crippen molar-refractivity contribution in [3.05, 3.63) is 63.6 Å². The monoisotopic (exact) mass is 390 g/mol. The Balaban J connectivity index is 1.84. The number of benzene rings is 2. The molecule has 0 spiro atoms. The average Bonchev–Trinajstić information content (AvgIpc) is 2.88. The second-order valence-corrected chi connectivity index (χ2v) is 7.76. The van der Waals surface area contributed by atoms with Gasteiger partial charge in [0.15, 0.2) is 0 Å². The SMILES string of the molecule is CC(C)C[C@H](C(=O)Nc1cc(Cl)cc(Cl)c1)N1Cc2ccccc2C1=O. The number of hydrogen-bond donors (Lipinski definition) is 1. The molecule has 2 aromatic carbocycles. The van der Waals surface area contributed by atoms with E-state index in [9.17, 15) is 9.59 Å². The smallest absolute Gasteiger partial charge is 0.255 e. The molecule has 26 heavy (non-hydrogen) atoms. The van der Waals surface area contributed by atoms with Gasteiger partial charge in [-0.25, -0.2) is 0 Å². The molecule has 2 amide bonds. The Morgan fingerprint density at radius 2 is 1.81 bits per heavy atom. The minimum Gasteiger partial charge on any atom is -0.324 e. The Bertz CT molecular complexity index is 831. The molecular formula is C20H20Cl2N2O2. The van der Waals surface area contributed by atoms with E-state index in [0.29, 0.717) is 34.3 Å². The van der Waals surface area contributed by atoms with E-state index in [2.05, 4.69) is 5.32 Å². The maximum atomic E-state index is 13.0. The third-order valence-corrected chi connectivity index (χ3v) is 4.79. The van der Waals surface area contributed by atoms with Gasteiger partial charge < -0.3 is 10.2 Å². The predicted octanol–water partition coefficient (Wildman–Crippen LogP) is 5.00. The first-order valence-electron chi connectivity index (χ1n) is 8.51. The molecule has 0 saturated heterocycles. The van der Waals surface area contributed by atoms with E-state index in [0.717, 1.165) is 5.56 Å². The molecule has 0 bridgehead atoms. The number of hydrogen-bond acceptors (Lipinski definition) is 2. The highest BCUT2D eigenvalue weighted by atomic mass is 35.5. The number of nitrogens with zero attached hydrogens (tertiary/aromatic N) is 1. The van der Waals surface area contributed by atoms with Crippen LogP contribution in [0.5, 0.6) is 0 Å². The van der Waals surface area contributed by atoms with Crippen LogP contribution in [0.1, 0.15) is 36.2 Å². The number of fused-ring (bicyclic) bond motifs is 1. The number of anilines is 1. The molecule has 136 valence electrons. The molecule has 0 aliphatic carbocycles. The summed E-state index contributed by atoms with van der Waals surface area (Å²) in [6.07, 6.45) is 0.569. The first kappa shape index (κ1) is 18.7. The van der Waals surface area contributed by atoms with Crippen LogP contribution >= 0.6 is 23.2 Å². The largest absolute Gasteiger partial charge is 0.324 e. The van der Waals surface area contributed by atoms with Crippen LogP contribution in [0.4, 0.5) is 5.69 Å². The number of carbonyl (C=O) groups is 2. The third kappa shape index (κ3) is 4.02. The van der Waals surface area contributed by atoms with E-state index in [1.165, 1.54) is 0 Å². The maximum Gasteiger partial charge on any atom is 0.255 e. The summed E-state index contributed by atoms with van der Waals surface area (Å²) in [5.74, 6) is -0.0890. The van der Waals surface area contributed by atoms with Gasteiger partial charge in [0, 0.05) is 27.8 Å². The summed E-state index contributed by atoms with van der Waals surface area (Å²) in [5.41, 5.74) is 2.13. The maximum absolute atomic E-state index is 13.0. The van der Waals surface area contributed by atoms with Crippen LogP contribution in [0, 0.1) is 5.92 Å². The van der Waals surface area contributed by atoms with Gasteiger partial charge in [0.05, 0.1) is 0 Å². The molecule has 0 fully saturated rings. The zero-order valence-corrected chi connectivity index (χ0v) is 16.1. The standard InChI is InChI=1S/C20H20Cl2N2O2/c1-12(2)7-18(19(25)23-16-9-14(21)8-15(22)10-16)24-11-13-5-3-4-6-17(13)20(24)26/h3-6,8-10,12,18H,7,11H2,1-2H3,(H,23,25)/t18-/m1/s1. The van der Waals surface area contributed by atoms with Crippen molar-refractivity contribution >= 4 is 40.7 Å². The van der Waals surface area contributed by atoms with Gasteiger partial charge in [0.1, 0.15) is 6.04 Å². The van der Waals surface area contributed by atoms with Crippen LogP contribution < -0.4 is 5.32 Å². The summed E-state index contributed by atoms with van der Waals surface area (Å²) >= 11 is 12.0. The Kier molecular flexibility index (Phi) is 5.54. The Labute approximate surface area is 163 Å². The van der Waals surface area contributed by atoms with Crippen LogP contribution in [0.3, 0.4) is 0 Å². The number of nitrogens with one attached hydrogen (secondary N) is 1. The van der Waals surface area contributed by atoms with Crippen LogP contribution in [-0.2, 0) is 11.3 Å². The lowest BCUT2D eigenvalue weighted by molar-refractivity contribution is -0.121.